The maximum absolute atomic E-state index is 5.95. The minimum absolute atomic E-state index is 0.273. The van der Waals surface area contributed by atoms with E-state index < -0.39 is 0 Å². The van der Waals surface area contributed by atoms with Gasteiger partial charge in [-0.2, -0.15) is 0 Å². The largest absolute Gasteiger partial charge is 0.353 e. The molecule has 2 aromatic heterocycles. The van der Waals surface area contributed by atoms with Crippen LogP contribution in [0.4, 0.5) is 5.82 Å². The highest BCUT2D eigenvalue weighted by atomic mass is 15.2. The Bertz CT molecular complexity index is 492. The van der Waals surface area contributed by atoms with E-state index in [2.05, 4.69) is 20.5 Å². The summed E-state index contributed by atoms with van der Waals surface area (Å²) in [6, 6.07) is 8.37. The minimum Gasteiger partial charge on any atom is -0.353 e. The van der Waals surface area contributed by atoms with E-state index in [0.29, 0.717) is 0 Å². The van der Waals surface area contributed by atoms with Crippen LogP contribution in [0.1, 0.15) is 6.42 Å². The molecule has 1 aliphatic heterocycles. The molecular formula is C13H16N4. The predicted molar refractivity (Wildman–Crippen MR) is 68.4 cm³/mol. The van der Waals surface area contributed by atoms with E-state index in [4.69, 9.17) is 5.73 Å². The lowest BCUT2D eigenvalue weighted by molar-refractivity contribution is 0.751. The smallest absolute Gasteiger partial charge is 0.152 e. The van der Waals surface area contributed by atoms with Gasteiger partial charge in [0.05, 0.1) is 5.69 Å². The first-order valence-corrected chi connectivity index (χ1v) is 5.93. The lowest BCUT2D eigenvalue weighted by Crippen LogP contribution is -2.27. The second-order valence-corrected chi connectivity index (χ2v) is 4.43. The van der Waals surface area contributed by atoms with Gasteiger partial charge in [0.25, 0.3) is 0 Å². The van der Waals surface area contributed by atoms with Gasteiger partial charge in [-0.1, -0.05) is 0 Å². The summed E-state index contributed by atoms with van der Waals surface area (Å²) in [4.78, 5) is 6.76. The van der Waals surface area contributed by atoms with E-state index in [1.807, 2.05) is 36.8 Å². The van der Waals surface area contributed by atoms with Crippen molar-refractivity contribution >= 4 is 5.82 Å². The lowest BCUT2D eigenvalue weighted by atomic mass is 10.3. The summed E-state index contributed by atoms with van der Waals surface area (Å²) >= 11 is 0. The fourth-order valence-corrected chi connectivity index (χ4v) is 2.31. The first-order valence-electron chi connectivity index (χ1n) is 5.93. The van der Waals surface area contributed by atoms with Crippen molar-refractivity contribution in [1.29, 1.82) is 0 Å². The van der Waals surface area contributed by atoms with E-state index in [-0.39, 0.29) is 6.04 Å². The molecule has 3 heterocycles. The van der Waals surface area contributed by atoms with Crippen molar-refractivity contribution in [3.05, 3.63) is 42.9 Å². The quantitative estimate of drug-likeness (QED) is 0.845. The molecule has 88 valence electrons. The molecule has 4 nitrogen and oxygen atoms in total. The van der Waals surface area contributed by atoms with Crippen molar-refractivity contribution in [3.8, 4) is 5.69 Å². The van der Waals surface area contributed by atoms with Gasteiger partial charge in [-0.3, -0.25) is 0 Å². The Kier molecular flexibility index (Phi) is 2.57. The van der Waals surface area contributed by atoms with Gasteiger partial charge in [0.1, 0.15) is 0 Å². The zero-order valence-corrected chi connectivity index (χ0v) is 9.66. The predicted octanol–water partition coefficient (Wildman–Crippen LogP) is 1.41. The summed E-state index contributed by atoms with van der Waals surface area (Å²) in [6.45, 7) is 1.89. The van der Waals surface area contributed by atoms with Crippen LogP contribution in [-0.4, -0.2) is 28.7 Å². The first-order chi connectivity index (χ1) is 8.34. The summed E-state index contributed by atoms with van der Waals surface area (Å²) in [6.07, 6.45) is 6.96. The van der Waals surface area contributed by atoms with Crippen LogP contribution in [0.15, 0.2) is 42.9 Å². The van der Waals surface area contributed by atoms with Crippen LogP contribution < -0.4 is 10.6 Å². The van der Waals surface area contributed by atoms with Crippen molar-refractivity contribution in [2.45, 2.75) is 12.5 Å². The van der Waals surface area contributed by atoms with Crippen LogP contribution in [-0.2, 0) is 0 Å². The molecule has 1 unspecified atom stereocenters. The second kappa shape index (κ2) is 4.22. The van der Waals surface area contributed by atoms with Gasteiger partial charge in [-0.15, -0.1) is 0 Å². The molecule has 0 saturated carbocycles. The Morgan fingerprint density at radius 1 is 1.24 bits per heavy atom. The van der Waals surface area contributed by atoms with Gasteiger partial charge in [-0.05, 0) is 30.7 Å². The minimum atomic E-state index is 0.273. The van der Waals surface area contributed by atoms with Gasteiger partial charge in [0.15, 0.2) is 5.82 Å². The molecule has 0 aromatic carbocycles. The molecule has 1 atom stereocenters. The number of aromatic nitrogens is 2. The molecule has 0 bridgehead atoms. The molecule has 0 radical (unpaired) electrons. The molecule has 0 spiro atoms. The molecule has 4 heteroatoms. The molecule has 17 heavy (non-hydrogen) atoms. The molecule has 1 fully saturated rings. The number of pyridine rings is 1. The van der Waals surface area contributed by atoms with Crippen molar-refractivity contribution < 1.29 is 0 Å². The number of nitrogens with zero attached hydrogens (tertiary/aromatic N) is 3. The fourth-order valence-electron chi connectivity index (χ4n) is 2.31. The van der Waals surface area contributed by atoms with Crippen LogP contribution >= 0.6 is 0 Å². The summed E-state index contributed by atoms with van der Waals surface area (Å²) in [5.41, 5.74) is 7.07. The number of anilines is 1. The summed E-state index contributed by atoms with van der Waals surface area (Å²) < 4.78 is 2.09. The molecule has 0 aliphatic carbocycles. The molecule has 3 rings (SSSR count). The van der Waals surface area contributed by atoms with E-state index in [0.717, 1.165) is 31.0 Å². The number of rotatable bonds is 2. The van der Waals surface area contributed by atoms with Crippen LogP contribution in [0, 0.1) is 0 Å². The van der Waals surface area contributed by atoms with E-state index in [9.17, 15) is 0 Å². The molecule has 0 amide bonds. The highest BCUT2D eigenvalue weighted by molar-refractivity contribution is 5.58. The van der Waals surface area contributed by atoms with Gasteiger partial charge in [0.2, 0.25) is 0 Å². The van der Waals surface area contributed by atoms with Gasteiger partial charge < -0.3 is 15.2 Å². The monoisotopic (exact) mass is 228 g/mol. The highest BCUT2D eigenvalue weighted by Gasteiger charge is 2.22. The highest BCUT2D eigenvalue weighted by Crippen LogP contribution is 2.24. The average Bonchev–Trinajstić information content (AvgIpc) is 3.00. The molecule has 1 aliphatic rings. The Balaban J connectivity index is 1.99. The molecule has 2 N–H and O–H groups in total. The zero-order valence-electron chi connectivity index (χ0n) is 9.66. The molecular weight excluding hydrogens is 212 g/mol. The van der Waals surface area contributed by atoms with Gasteiger partial charge in [0, 0.05) is 37.7 Å². The van der Waals surface area contributed by atoms with Crippen molar-refractivity contribution in [3.63, 3.8) is 0 Å². The third-order valence-electron chi connectivity index (χ3n) is 3.17. The normalized spacial score (nSPS) is 19.8. The number of hydrogen-bond acceptors (Lipinski definition) is 3. The Morgan fingerprint density at radius 3 is 2.76 bits per heavy atom. The number of hydrogen-bond donors (Lipinski definition) is 1. The van der Waals surface area contributed by atoms with E-state index in [1.165, 1.54) is 0 Å². The standard InChI is InChI=1S/C13H16N4/c14-11-5-9-17(10-11)13-12(4-3-6-15-13)16-7-1-2-8-16/h1-4,6-8,11H,5,9-10,14H2. The van der Waals surface area contributed by atoms with Gasteiger partial charge in [-0.25, -0.2) is 4.98 Å². The topological polar surface area (TPSA) is 47.1 Å². The Morgan fingerprint density at radius 2 is 2.06 bits per heavy atom. The van der Waals surface area contributed by atoms with E-state index in [1.54, 1.807) is 0 Å². The number of nitrogens with two attached hydrogens (primary N) is 1. The molecule has 2 aromatic rings. The van der Waals surface area contributed by atoms with Crippen molar-refractivity contribution in [1.82, 2.24) is 9.55 Å². The SMILES string of the molecule is NC1CCN(c2ncccc2-n2cccc2)C1. The van der Waals surface area contributed by atoms with E-state index >= 15 is 0 Å². The van der Waals surface area contributed by atoms with Gasteiger partial charge >= 0.3 is 0 Å². The van der Waals surface area contributed by atoms with Crippen LogP contribution in [0.3, 0.4) is 0 Å². The third kappa shape index (κ3) is 1.91. The molecule has 1 saturated heterocycles. The third-order valence-corrected chi connectivity index (χ3v) is 3.17. The van der Waals surface area contributed by atoms with Crippen LogP contribution in [0.2, 0.25) is 0 Å². The van der Waals surface area contributed by atoms with Crippen molar-refractivity contribution in [2.24, 2.45) is 5.73 Å². The van der Waals surface area contributed by atoms with Crippen LogP contribution in [0.25, 0.3) is 5.69 Å². The summed E-state index contributed by atoms with van der Waals surface area (Å²) in [5.74, 6) is 1.02. The van der Waals surface area contributed by atoms with Crippen molar-refractivity contribution in [2.75, 3.05) is 18.0 Å². The lowest BCUT2D eigenvalue weighted by Gasteiger charge is -2.20. The zero-order chi connectivity index (χ0) is 11.7. The van der Waals surface area contributed by atoms with Crippen LogP contribution in [0.5, 0.6) is 0 Å². The second-order valence-electron chi connectivity index (χ2n) is 4.43. The first kappa shape index (κ1) is 10.4. The fraction of sp³-hybridized carbons (Fsp3) is 0.308. The summed E-state index contributed by atoms with van der Waals surface area (Å²) in [7, 11) is 0. The maximum Gasteiger partial charge on any atom is 0.152 e. The summed E-state index contributed by atoms with van der Waals surface area (Å²) in [5, 5.41) is 0. The average molecular weight is 228 g/mol. The Labute approximate surface area is 101 Å². The Hall–Kier alpha value is -1.81. The maximum atomic E-state index is 5.95.